The number of anilines is 1. The summed E-state index contributed by atoms with van der Waals surface area (Å²) in [5, 5.41) is 2.83. The Hall–Kier alpha value is -1.47. The number of nitrogens with one attached hydrogen (secondary N) is 1. The largest absolute Gasteiger partial charge is 0.378 e. The summed E-state index contributed by atoms with van der Waals surface area (Å²) >= 11 is 0. The van der Waals surface area contributed by atoms with E-state index in [2.05, 4.69) is 10.2 Å². The molecule has 1 fully saturated rings. The van der Waals surface area contributed by atoms with Crippen LogP contribution in [-0.4, -0.2) is 65.8 Å². The number of hydrogen-bond donors (Lipinski definition) is 1. The van der Waals surface area contributed by atoms with Crippen LogP contribution in [-0.2, 0) is 10.8 Å². The van der Waals surface area contributed by atoms with Crippen molar-refractivity contribution >= 4 is 22.4 Å². The van der Waals surface area contributed by atoms with Gasteiger partial charge in [0.1, 0.15) is 5.82 Å². The minimum Gasteiger partial charge on any atom is -0.378 e. The SMILES string of the molecule is CN(C)c1ccc(C(=O)NCC(C)(C)N2CCS(=O)CC2)c(F)c1. The van der Waals surface area contributed by atoms with Gasteiger partial charge in [-0.2, -0.15) is 0 Å². The van der Waals surface area contributed by atoms with Crippen LogP contribution in [0.2, 0.25) is 0 Å². The Labute approximate surface area is 145 Å². The maximum atomic E-state index is 14.1. The molecule has 1 N–H and O–H groups in total. The van der Waals surface area contributed by atoms with E-state index in [1.54, 1.807) is 11.0 Å². The fourth-order valence-electron chi connectivity index (χ4n) is 2.71. The van der Waals surface area contributed by atoms with E-state index in [0.29, 0.717) is 23.7 Å². The summed E-state index contributed by atoms with van der Waals surface area (Å²) in [7, 11) is 2.91. The number of nitrogens with zero attached hydrogens (tertiary/aromatic N) is 2. The maximum Gasteiger partial charge on any atom is 0.254 e. The van der Waals surface area contributed by atoms with Crippen molar-refractivity contribution in [2.24, 2.45) is 0 Å². The zero-order chi connectivity index (χ0) is 17.9. The monoisotopic (exact) mass is 355 g/mol. The van der Waals surface area contributed by atoms with Crippen molar-refractivity contribution < 1.29 is 13.4 Å². The molecule has 0 atom stereocenters. The third-order valence-electron chi connectivity index (χ3n) is 4.43. The predicted molar refractivity (Wildman–Crippen MR) is 96.6 cm³/mol. The highest BCUT2D eigenvalue weighted by Gasteiger charge is 2.30. The first-order valence-corrected chi connectivity index (χ1v) is 9.54. The third kappa shape index (κ3) is 4.54. The Morgan fingerprint density at radius 2 is 1.96 bits per heavy atom. The smallest absolute Gasteiger partial charge is 0.254 e. The van der Waals surface area contributed by atoms with Gasteiger partial charge in [-0.15, -0.1) is 0 Å². The molecule has 1 aliphatic heterocycles. The fraction of sp³-hybridized carbons (Fsp3) is 0.588. The second-order valence-corrected chi connectivity index (χ2v) is 8.58. The second kappa shape index (κ2) is 7.61. The molecule has 0 saturated carbocycles. The van der Waals surface area contributed by atoms with Crippen LogP contribution < -0.4 is 10.2 Å². The summed E-state index contributed by atoms with van der Waals surface area (Å²) in [6, 6.07) is 4.60. The molecule has 0 spiro atoms. The van der Waals surface area contributed by atoms with Crippen molar-refractivity contribution in [1.82, 2.24) is 10.2 Å². The van der Waals surface area contributed by atoms with Gasteiger partial charge in [0.25, 0.3) is 5.91 Å². The molecule has 24 heavy (non-hydrogen) atoms. The predicted octanol–water partition coefficient (Wildman–Crippen LogP) is 1.46. The summed E-state index contributed by atoms with van der Waals surface area (Å²) < 4.78 is 25.6. The molecule has 5 nitrogen and oxygen atoms in total. The molecule has 2 rings (SSSR count). The van der Waals surface area contributed by atoms with Crippen LogP contribution in [0.15, 0.2) is 18.2 Å². The lowest BCUT2D eigenvalue weighted by atomic mass is 10.0. The maximum absolute atomic E-state index is 14.1. The molecule has 1 aromatic carbocycles. The average molecular weight is 355 g/mol. The van der Waals surface area contributed by atoms with Crippen LogP contribution >= 0.6 is 0 Å². The molecule has 0 aromatic heterocycles. The second-order valence-electron chi connectivity index (χ2n) is 6.89. The number of hydrogen-bond acceptors (Lipinski definition) is 4. The fourth-order valence-corrected chi connectivity index (χ4v) is 3.77. The highest BCUT2D eigenvalue weighted by atomic mass is 32.2. The van der Waals surface area contributed by atoms with Crippen LogP contribution in [0.1, 0.15) is 24.2 Å². The highest BCUT2D eigenvalue weighted by molar-refractivity contribution is 7.85. The van der Waals surface area contributed by atoms with Crippen LogP contribution in [0.25, 0.3) is 0 Å². The summed E-state index contributed by atoms with van der Waals surface area (Å²) in [6.07, 6.45) is 0. The molecular formula is C17H26FN3O2S. The van der Waals surface area contributed by atoms with Crippen LogP contribution in [0.4, 0.5) is 10.1 Å². The van der Waals surface area contributed by atoms with Crippen LogP contribution in [0.5, 0.6) is 0 Å². The summed E-state index contributed by atoms with van der Waals surface area (Å²) in [4.78, 5) is 16.3. The molecule has 7 heteroatoms. The van der Waals surface area contributed by atoms with E-state index < -0.39 is 22.5 Å². The van der Waals surface area contributed by atoms with E-state index >= 15 is 0 Å². The number of rotatable bonds is 5. The van der Waals surface area contributed by atoms with Gasteiger partial charge in [0, 0.05) is 67.3 Å². The Balaban J connectivity index is 1.98. The normalized spacial score (nSPS) is 16.9. The average Bonchev–Trinajstić information content (AvgIpc) is 2.53. The lowest BCUT2D eigenvalue weighted by Crippen LogP contribution is -2.55. The lowest BCUT2D eigenvalue weighted by molar-refractivity contribution is 0.0879. The van der Waals surface area contributed by atoms with Gasteiger partial charge in [-0.1, -0.05) is 0 Å². The van der Waals surface area contributed by atoms with Crippen molar-refractivity contribution in [3.8, 4) is 0 Å². The van der Waals surface area contributed by atoms with Gasteiger partial charge in [0.15, 0.2) is 0 Å². The molecule has 1 heterocycles. The first-order chi connectivity index (χ1) is 11.2. The molecule has 0 unspecified atom stereocenters. The number of benzene rings is 1. The van der Waals surface area contributed by atoms with Gasteiger partial charge < -0.3 is 10.2 Å². The third-order valence-corrected chi connectivity index (χ3v) is 5.70. The Bertz CT molecular complexity index is 624. The molecule has 0 radical (unpaired) electrons. The van der Waals surface area contributed by atoms with Gasteiger partial charge in [-0.25, -0.2) is 4.39 Å². The van der Waals surface area contributed by atoms with Crippen molar-refractivity contribution in [3.05, 3.63) is 29.6 Å². The van der Waals surface area contributed by atoms with E-state index in [9.17, 15) is 13.4 Å². The van der Waals surface area contributed by atoms with Gasteiger partial charge in [-0.3, -0.25) is 13.9 Å². The highest BCUT2D eigenvalue weighted by Crippen LogP contribution is 2.18. The minimum atomic E-state index is -0.730. The lowest BCUT2D eigenvalue weighted by Gasteiger charge is -2.40. The number of carbonyl (C=O) groups is 1. The minimum absolute atomic E-state index is 0.0520. The van der Waals surface area contributed by atoms with Gasteiger partial charge in [0.2, 0.25) is 0 Å². The van der Waals surface area contributed by atoms with Crippen molar-refractivity contribution in [2.45, 2.75) is 19.4 Å². The van der Waals surface area contributed by atoms with Crippen molar-refractivity contribution in [3.63, 3.8) is 0 Å². The van der Waals surface area contributed by atoms with Crippen LogP contribution in [0, 0.1) is 5.82 Å². The standard InChI is InChI=1S/C17H26FN3O2S/c1-17(2,21-7-9-24(23)10-8-21)12-19-16(22)14-6-5-13(20(3)4)11-15(14)18/h5-6,11H,7-10,12H2,1-4H3,(H,19,22). The topological polar surface area (TPSA) is 52.7 Å². The summed E-state index contributed by atoms with van der Waals surface area (Å²) in [5.41, 5.74) is 0.502. The van der Waals surface area contributed by atoms with E-state index in [-0.39, 0.29) is 11.1 Å². The molecule has 1 aromatic rings. The van der Waals surface area contributed by atoms with E-state index in [0.717, 1.165) is 13.1 Å². The van der Waals surface area contributed by atoms with Crippen molar-refractivity contribution in [2.75, 3.05) is 50.1 Å². The number of halogens is 1. The number of amides is 1. The van der Waals surface area contributed by atoms with E-state index in [1.807, 2.05) is 27.9 Å². The zero-order valence-electron chi connectivity index (χ0n) is 14.8. The number of carbonyl (C=O) groups excluding carboxylic acids is 1. The van der Waals surface area contributed by atoms with E-state index in [1.165, 1.54) is 12.1 Å². The Morgan fingerprint density at radius 3 is 2.50 bits per heavy atom. The zero-order valence-corrected chi connectivity index (χ0v) is 15.6. The molecule has 0 bridgehead atoms. The molecule has 1 amide bonds. The van der Waals surface area contributed by atoms with Crippen LogP contribution in [0.3, 0.4) is 0 Å². The van der Waals surface area contributed by atoms with Gasteiger partial charge in [0.05, 0.1) is 5.56 Å². The first kappa shape index (κ1) is 18.9. The summed E-state index contributed by atoms with van der Waals surface area (Å²) in [6.45, 7) is 5.98. The van der Waals surface area contributed by atoms with Gasteiger partial charge >= 0.3 is 0 Å². The summed E-state index contributed by atoms with van der Waals surface area (Å²) in [5.74, 6) is 0.395. The Morgan fingerprint density at radius 1 is 1.33 bits per heavy atom. The van der Waals surface area contributed by atoms with E-state index in [4.69, 9.17) is 0 Å². The van der Waals surface area contributed by atoms with Crippen molar-refractivity contribution in [1.29, 1.82) is 0 Å². The molecule has 1 saturated heterocycles. The molecule has 1 aliphatic rings. The Kier molecular flexibility index (Phi) is 5.98. The molecule has 0 aliphatic carbocycles. The molecular weight excluding hydrogens is 329 g/mol. The molecule has 134 valence electrons. The van der Waals surface area contributed by atoms with Gasteiger partial charge in [-0.05, 0) is 32.0 Å². The first-order valence-electron chi connectivity index (χ1n) is 8.06. The quantitative estimate of drug-likeness (QED) is 0.869.